The predicted octanol–water partition coefficient (Wildman–Crippen LogP) is 1.87. The second kappa shape index (κ2) is 8.00. The van der Waals surface area contributed by atoms with Crippen LogP contribution < -0.4 is 21.5 Å². The van der Waals surface area contributed by atoms with Crippen molar-refractivity contribution in [2.75, 3.05) is 23.3 Å². The summed E-state index contributed by atoms with van der Waals surface area (Å²) in [6, 6.07) is 6.05. The summed E-state index contributed by atoms with van der Waals surface area (Å²) in [5, 5.41) is 2.77. The first-order valence-corrected chi connectivity index (χ1v) is 9.44. The summed E-state index contributed by atoms with van der Waals surface area (Å²) in [5.41, 5.74) is 0.201. The fourth-order valence-electron chi connectivity index (χ4n) is 3.53. The number of nitrogens with zero attached hydrogens (tertiary/aromatic N) is 3. The molecular formula is C20H25FN4O3. The molecule has 0 aliphatic carbocycles. The quantitative estimate of drug-likeness (QED) is 0.868. The Hall–Kier alpha value is -2.90. The fraction of sp³-hybridized carbons (Fsp3) is 0.450. The second-order valence-corrected chi connectivity index (χ2v) is 7.17. The third kappa shape index (κ3) is 3.85. The average molecular weight is 388 g/mol. The van der Waals surface area contributed by atoms with Crippen molar-refractivity contribution in [3.8, 4) is 0 Å². The Labute approximate surface area is 162 Å². The van der Waals surface area contributed by atoms with Crippen LogP contribution in [0.5, 0.6) is 0 Å². The minimum absolute atomic E-state index is 0.192. The van der Waals surface area contributed by atoms with Crippen LogP contribution in [0.3, 0.4) is 0 Å². The van der Waals surface area contributed by atoms with Crippen molar-refractivity contribution in [3.05, 3.63) is 56.5 Å². The van der Waals surface area contributed by atoms with Crippen LogP contribution in [0, 0.1) is 18.7 Å². The number of carbonyl (C=O) groups excluding carboxylic acids is 1. The predicted molar refractivity (Wildman–Crippen MR) is 106 cm³/mol. The van der Waals surface area contributed by atoms with Gasteiger partial charge in [0.2, 0.25) is 5.91 Å². The van der Waals surface area contributed by atoms with Crippen LogP contribution in [0.4, 0.5) is 15.9 Å². The van der Waals surface area contributed by atoms with Gasteiger partial charge in [0.1, 0.15) is 11.6 Å². The molecule has 1 aliphatic rings. The van der Waals surface area contributed by atoms with Crippen LogP contribution in [0.1, 0.15) is 25.3 Å². The lowest BCUT2D eigenvalue weighted by Gasteiger charge is -2.34. The highest BCUT2D eigenvalue weighted by atomic mass is 19.1. The van der Waals surface area contributed by atoms with Gasteiger partial charge in [-0.25, -0.2) is 9.18 Å². The van der Waals surface area contributed by atoms with Crippen LogP contribution >= 0.6 is 0 Å². The maximum atomic E-state index is 13.7. The molecule has 150 valence electrons. The summed E-state index contributed by atoms with van der Waals surface area (Å²) < 4.78 is 16.3. The Kier molecular flexibility index (Phi) is 5.67. The lowest BCUT2D eigenvalue weighted by atomic mass is 9.97. The second-order valence-electron chi connectivity index (χ2n) is 7.17. The lowest BCUT2D eigenvalue weighted by molar-refractivity contribution is -0.120. The zero-order chi connectivity index (χ0) is 20.4. The molecule has 7 nitrogen and oxygen atoms in total. The number of nitrogens with one attached hydrogen (secondary N) is 1. The standard InChI is InChI=1S/C20H25FN4O3/c1-4-25-17(11-18(26)23(3)20(25)28)24-9-5-6-14(12-24)19(27)22-15-8-7-13(2)16(21)10-15/h7-8,10-11,14H,4-6,9,12H2,1-3H3,(H,22,27). The number of anilines is 2. The molecule has 0 bridgehead atoms. The fourth-order valence-corrected chi connectivity index (χ4v) is 3.53. The van der Waals surface area contributed by atoms with Gasteiger partial charge in [0.15, 0.2) is 0 Å². The first kappa shape index (κ1) is 19.9. The van der Waals surface area contributed by atoms with Gasteiger partial charge in [-0.3, -0.25) is 18.7 Å². The van der Waals surface area contributed by atoms with E-state index >= 15 is 0 Å². The van der Waals surface area contributed by atoms with E-state index in [4.69, 9.17) is 0 Å². The van der Waals surface area contributed by atoms with E-state index in [1.54, 1.807) is 19.1 Å². The number of carbonyl (C=O) groups is 1. The maximum Gasteiger partial charge on any atom is 0.332 e. The number of halogens is 1. The molecular weight excluding hydrogens is 363 g/mol. The zero-order valence-corrected chi connectivity index (χ0v) is 16.4. The summed E-state index contributed by atoms with van der Waals surface area (Å²) in [6.07, 6.45) is 1.45. The van der Waals surface area contributed by atoms with Gasteiger partial charge in [-0.2, -0.15) is 0 Å². The van der Waals surface area contributed by atoms with Crippen molar-refractivity contribution < 1.29 is 9.18 Å². The third-order valence-electron chi connectivity index (χ3n) is 5.25. The van der Waals surface area contributed by atoms with E-state index in [1.807, 2.05) is 11.8 Å². The van der Waals surface area contributed by atoms with E-state index < -0.39 is 0 Å². The smallest absolute Gasteiger partial charge is 0.332 e. The van der Waals surface area contributed by atoms with Crippen molar-refractivity contribution in [2.24, 2.45) is 13.0 Å². The van der Waals surface area contributed by atoms with Gasteiger partial charge in [0, 0.05) is 38.4 Å². The van der Waals surface area contributed by atoms with E-state index in [0.717, 1.165) is 11.0 Å². The molecule has 1 saturated heterocycles. The minimum Gasteiger partial charge on any atom is -0.357 e. The molecule has 1 amide bonds. The molecule has 0 saturated carbocycles. The zero-order valence-electron chi connectivity index (χ0n) is 16.4. The summed E-state index contributed by atoms with van der Waals surface area (Å²) in [5.74, 6) is -0.339. The normalized spacial score (nSPS) is 16.9. The summed E-state index contributed by atoms with van der Waals surface area (Å²) in [7, 11) is 1.45. The van der Waals surface area contributed by atoms with E-state index in [1.165, 1.54) is 23.7 Å². The number of hydrogen-bond donors (Lipinski definition) is 1. The van der Waals surface area contributed by atoms with Gasteiger partial charge >= 0.3 is 5.69 Å². The highest BCUT2D eigenvalue weighted by Crippen LogP contribution is 2.23. The number of hydrogen-bond acceptors (Lipinski definition) is 4. The Morgan fingerprint density at radius 2 is 2.04 bits per heavy atom. The van der Waals surface area contributed by atoms with E-state index in [9.17, 15) is 18.8 Å². The number of rotatable bonds is 4. The van der Waals surface area contributed by atoms with Crippen LogP contribution in [0.15, 0.2) is 33.9 Å². The van der Waals surface area contributed by atoms with Crippen LogP contribution in [-0.2, 0) is 18.4 Å². The van der Waals surface area contributed by atoms with Gasteiger partial charge in [0.25, 0.3) is 5.56 Å². The summed E-state index contributed by atoms with van der Waals surface area (Å²) in [6.45, 7) is 4.99. The molecule has 1 fully saturated rings. The Morgan fingerprint density at radius 3 is 2.71 bits per heavy atom. The highest BCUT2D eigenvalue weighted by molar-refractivity contribution is 5.93. The molecule has 2 aromatic rings. The maximum absolute atomic E-state index is 13.7. The van der Waals surface area contributed by atoms with Gasteiger partial charge in [-0.05, 0) is 44.4 Å². The number of aromatic nitrogens is 2. The van der Waals surface area contributed by atoms with Crippen molar-refractivity contribution in [3.63, 3.8) is 0 Å². The number of benzene rings is 1. The largest absolute Gasteiger partial charge is 0.357 e. The van der Waals surface area contributed by atoms with E-state index in [0.29, 0.717) is 43.1 Å². The lowest BCUT2D eigenvalue weighted by Crippen LogP contribution is -2.46. The molecule has 1 unspecified atom stereocenters. The molecule has 28 heavy (non-hydrogen) atoms. The average Bonchev–Trinajstić information content (AvgIpc) is 2.69. The van der Waals surface area contributed by atoms with Crippen LogP contribution in [-0.4, -0.2) is 28.1 Å². The number of amides is 1. The summed E-state index contributed by atoms with van der Waals surface area (Å²) >= 11 is 0. The third-order valence-corrected chi connectivity index (χ3v) is 5.25. The van der Waals surface area contributed by atoms with Gasteiger partial charge < -0.3 is 10.2 Å². The van der Waals surface area contributed by atoms with Crippen molar-refractivity contribution in [1.29, 1.82) is 0 Å². The molecule has 1 aromatic carbocycles. The van der Waals surface area contributed by atoms with Gasteiger partial charge in [-0.15, -0.1) is 0 Å². The highest BCUT2D eigenvalue weighted by Gasteiger charge is 2.28. The van der Waals surface area contributed by atoms with Gasteiger partial charge in [-0.1, -0.05) is 6.07 Å². The first-order valence-electron chi connectivity index (χ1n) is 9.44. The van der Waals surface area contributed by atoms with Crippen molar-refractivity contribution in [2.45, 2.75) is 33.2 Å². The molecule has 1 aromatic heterocycles. The van der Waals surface area contributed by atoms with E-state index in [-0.39, 0.29) is 28.9 Å². The number of piperidine rings is 1. The van der Waals surface area contributed by atoms with Crippen molar-refractivity contribution in [1.82, 2.24) is 9.13 Å². The molecule has 2 heterocycles. The molecule has 1 aliphatic heterocycles. The SMILES string of the molecule is CCn1c(N2CCCC(C(=O)Nc3ccc(C)c(F)c3)C2)cc(=O)n(C)c1=O. The Morgan fingerprint density at radius 1 is 1.29 bits per heavy atom. The molecule has 1 atom stereocenters. The molecule has 0 spiro atoms. The Bertz CT molecular complexity index is 1010. The van der Waals surface area contributed by atoms with Gasteiger partial charge in [0.05, 0.1) is 5.92 Å². The molecule has 1 N–H and O–H groups in total. The van der Waals surface area contributed by atoms with Crippen molar-refractivity contribution >= 4 is 17.4 Å². The molecule has 8 heteroatoms. The van der Waals surface area contributed by atoms with E-state index in [2.05, 4.69) is 5.32 Å². The van der Waals surface area contributed by atoms with Crippen LogP contribution in [0.2, 0.25) is 0 Å². The summed E-state index contributed by atoms with van der Waals surface area (Å²) in [4.78, 5) is 39.1. The van der Waals surface area contributed by atoms with Crippen LogP contribution in [0.25, 0.3) is 0 Å². The monoisotopic (exact) mass is 388 g/mol. The first-order chi connectivity index (χ1) is 13.3. The molecule has 3 rings (SSSR count). The number of aryl methyl sites for hydroxylation is 1. The minimum atomic E-state index is -0.369. The topological polar surface area (TPSA) is 76.3 Å². The Balaban J connectivity index is 1.81. The molecule has 0 radical (unpaired) electrons.